The molecule has 1 fully saturated rings. The van der Waals surface area contributed by atoms with Crippen LogP contribution >= 0.6 is 27.3 Å². The van der Waals surface area contributed by atoms with Gasteiger partial charge in [0.05, 0.1) is 10.7 Å². The average Bonchev–Trinajstić information content (AvgIpc) is 2.92. The van der Waals surface area contributed by atoms with Crippen molar-refractivity contribution >= 4 is 27.3 Å². The highest BCUT2D eigenvalue weighted by Crippen LogP contribution is 2.32. The molecule has 5 heteroatoms. The Morgan fingerprint density at radius 2 is 2.32 bits per heavy atom. The van der Waals surface area contributed by atoms with Crippen LogP contribution < -0.4 is 5.32 Å². The maximum atomic E-state index is 13.8. The zero-order valence-electron chi connectivity index (χ0n) is 10.3. The van der Waals surface area contributed by atoms with Crippen molar-refractivity contribution in [1.29, 1.82) is 0 Å². The van der Waals surface area contributed by atoms with Crippen molar-refractivity contribution < 1.29 is 4.39 Å². The van der Waals surface area contributed by atoms with E-state index < -0.39 is 0 Å². The largest absolute Gasteiger partial charge is 0.316 e. The summed E-state index contributed by atoms with van der Waals surface area (Å²) >= 11 is 5.01. The number of benzene rings is 1. The highest BCUT2D eigenvalue weighted by atomic mass is 79.9. The predicted octanol–water partition coefficient (Wildman–Crippen LogP) is 4.18. The van der Waals surface area contributed by atoms with E-state index >= 15 is 0 Å². The highest BCUT2D eigenvalue weighted by molar-refractivity contribution is 9.10. The van der Waals surface area contributed by atoms with Crippen LogP contribution in [0, 0.1) is 5.82 Å². The summed E-state index contributed by atoms with van der Waals surface area (Å²) in [4.78, 5) is 4.62. The molecular weight excluding hydrogens is 327 g/mol. The Bertz CT molecular complexity index is 579. The molecule has 0 bridgehead atoms. The molecule has 0 amide bonds. The van der Waals surface area contributed by atoms with Crippen molar-refractivity contribution in [3.8, 4) is 11.3 Å². The van der Waals surface area contributed by atoms with Crippen molar-refractivity contribution in [3.63, 3.8) is 0 Å². The average molecular weight is 341 g/mol. The van der Waals surface area contributed by atoms with Crippen LogP contribution in [0.15, 0.2) is 28.1 Å². The van der Waals surface area contributed by atoms with Gasteiger partial charge in [0.2, 0.25) is 0 Å². The number of nitrogens with one attached hydrogen (secondary N) is 1. The third-order valence-electron chi connectivity index (χ3n) is 3.37. The smallest absolute Gasteiger partial charge is 0.132 e. The minimum absolute atomic E-state index is 0.221. The second kappa shape index (κ2) is 5.69. The maximum absolute atomic E-state index is 13.8. The van der Waals surface area contributed by atoms with E-state index in [1.807, 2.05) is 5.38 Å². The fourth-order valence-corrected chi connectivity index (χ4v) is 3.67. The Balaban J connectivity index is 1.89. The molecule has 1 aromatic carbocycles. The number of hydrogen-bond donors (Lipinski definition) is 1. The molecule has 2 heterocycles. The molecule has 19 heavy (non-hydrogen) atoms. The van der Waals surface area contributed by atoms with Crippen LogP contribution in [0.2, 0.25) is 0 Å². The molecule has 1 unspecified atom stereocenters. The lowest BCUT2D eigenvalue weighted by atomic mass is 10.0. The number of hydrogen-bond acceptors (Lipinski definition) is 3. The fraction of sp³-hybridized carbons (Fsp3) is 0.357. The lowest BCUT2D eigenvalue weighted by Gasteiger charge is -2.20. The van der Waals surface area contributed by atoms with Crippen molar-refractivity contribution in [2.24, 2.45) is 0 Å². The standard InChI is InChI=1S/C14H14BrFN2S/c15-10-3-4-12(16)11(6-10)13-8-19-14(18-13)9-2-1-5-17-7-9/h3-4,6,8-9,17H,1-2,5,7H2. The monoisotopic (exact) mass is 340 g/mol. The molecule has 0 radical (unpaired) electrons. The molecule has 3 rings (SSSR count). The molecule has 0 saturated carbocycles. The van der Waals surface area contributed by atoms with E-state index in [0.29, 0.717) is 11.5 Å². The minimum atomic E-state index is -0.221. The van der Waals surface area contributed by atoms with Crippen LogP contribution in [0.5, 0.6) is 0 Å². The lowest BCUT2D eigenvalue weighted by molar-refractivity contribution is 0.460. The quantitative estimate of drug-likeness (QED) is 0.886. The van der Waals surface area contributed by atoms with Crippen LogP contribution in [0.4, 0.5) is 4.39 Å². The van der Waals surface area contributed by atoms with Crippen LogP contribution in [-0.2, 0) is 0 Å². The van der Waals surface area contributed by atoms with Gasteiger partial charge in [-0.1, -0.05) is 15.9 Å². The molecule has 1 atom stereocenters. The summed E-state index contributed by atoms with van der Waals surface area (Å²) in [5.74, 6) is 0.254. The molecule has 2 nitrogen and oxygen atoms in total. The normalized spacial score (nSPS) is 19.6. The van der Waals surface area contributed by atoms with Crippen LogP contribution in [0.1, 0.15) is 23.8 Å². The zero-order valence-corrected chi connectivity index (χ0v) is 12.7. The van der Waals surface area contributed by atoms with E-state index in [1.54, 1.807) is 23.5 Å². The number of thiazole rings is 1. The second-order valence-corrected chi connectivity index (χ2v) is 6.54. The molecule has 0 spiro atoms. The number of nitrogens with zero attached hydrogens (tertiary/aromatic N) is 1. The highest BCUT2D eigenvalue weighted by Gasteiger charge is 2.19. The Morgan fingerprint density at radius 1 is 1.42 bits per heavy atom. The molecule has 1 aliphatic rings. The van der Waals surface area contributed by atoms with Crippen molar-refractivity contribution in [2.45, 2.75) is 18.8 Å². The topological polar surface area (TPSA) is 24.9 Å². The predicted molar refractivity (Wildman–Crippen MR) is 80.1 cm³/mol. The summed E-state index contributed by atoms with van der Waals surface area (Å²) in [5.41, 5.74) is 1.31. The molecular formula is C14H14BrFN2S. The van der Waals surface area contributed by atoms with E-state index in [2.05, 4.69) is 26.2 Å². The first-order valence-electron chi connectivity index (χ1n) is 6.35. The lowest BCUT2D eigenvalue weighted by Crippen LogP contribution is -2.28. The summed E-state index contributed by atoms with van der Waals surface area (Å²) < 4.78 is 14.7. The second-order valence-electron chi connectivity index (χ2n) is 4.74. The number of piperidine rings is 1. The van der Waals surface area contributed by atoms with E-state index in [-0.39, 0.29) is 5.82 Å². The Labute approximate surface area is 124 Å². The summed E-state index contributed by atoms with van der Waals surface area (Å²) in [5, 5.41) is 6.45. The van der Waals surface area contributed by atoms with Crippen LogP contribution in [0.3, 0.4) is 0 Å². The Morgan fingerprint density at radius 3 is 3.11 bits per heavy atom. The molecule has 1 aromatic heterocycles. The number of rotatable bonds is 2. The van der Waals surface area contributed by atoms with Crippen molar-refractivity contribution in [1.82, 2.24) is 10.3 Å². The van der Waals surface area contributed by atoms with Gasteiger partial charge in [-0.15, -0.1) is 11.3 Å². The van der Waals surface area contributed by atoms with Crippen LogP contribution in [-0.4, -0.2) is 18.1 Å². The van der Waals surface area contributed by atoms with Crippen molar-refractivity contribution in [3.05, 3.63) is 38.9 Å². The van der Waals surface area contributed by atoms with E-state index in [4.69, 9.17) is 0 Å². The van der Waals surface area contributed by atoms with Gasteiger partial charge in [0.1, 0.15) is 5.82 Å². The van der Waals surface area contributed by atoms with Gasteiger partial charge in [0.15, 0.2) is 0 Å². The molecule has 100 valence electrons. The number of aromatic nitrogens is 1. The van der Waals surface area contributed by atoms with E-state index in [9.17, 15) is 4.39 Å². The fourth-order valence-electron chi connectivity index (χ4n) is 2.36. The van der Waals surface area contributed by atoms with Gasteiger partial charge in [-0.3, -0.25) is 0 Å². The van der Waals surface area contributed by atoms with Gasteiger partial charge in [0.25, 0.3) is 0 Å². The van der Waals surface area contributed by atoms with E-state index in [1.165, 1.54) is 18.9 Å². The molecule has 1 aliphatic heterocycles. The zero-order chi connectivity index (χ0) is 13.2. The van der Waals surface area contributed by atoms with Gasteiger partial charge < -0.3 is 5.32 Å². The summed E-state index contributed by atoms with van der Waals surface area (Å²) in [6.45, 7) is 2.07. The first-order chi connectivity index (χ1) is 9.24. The van der Waals surface area contributed by atoms with Gasteiger partial charge in [-0.2, -0.15) is 0 Å². The van der Waals surface area contributed by atoms with Gasteiger partial charge in [-0.05, 0) is 37.6 Å². The molecule has 2 aromatic rings. The summed E-state index contributed by atoms with van der Waals surface area (Å²) in [6.07, 6.45) is 2.35. The Hall–Kier alpha value is -0.780. The maximum Gasteiger partial charge on any atom is 0.132 e. The third-order valence-corrected chi connectivity index (χ3v) is 4.87. The van der Waals surface area contributed by atoms with Crippen LogP contribution in [0.25, 0.3) is 11.3 Å². The Kier molecular flexibility index (Phi) is 3.96. The SMILES string of the molecule is Fc1ccc(Br)cc1-c1csc(C2CCCNC2)n1. The van der Waals surface area contributed by atoms with Gasteiger partial charge in [-0.25, -0.2) is 9.37 Å². The summed E-state index contributed by atoms with van der Waals surface area (Å²) in [6, 6.07) is 4.96. The minimum Gasteiger partial charge on any atom is -0.316 e. The molecule has 1 N–H and O–H groups in total. The number of halogens is 2. The van der Waals surface area contributed by atoms with E-state index in [0.717, 1.165) is 28.3 Å². The van der Waals surface area contributed by atoms with Gasteiger partial charge in [0, 0.05) is 27.9 Å². The molecule has 0 aliphatic carbocycles. The first kappa shape index (κ1) is 13.2. The van der Waals surface area contributed by atoms with Crippen molar-refractivity contribution in [2.75, 3.05) is 13.1 Å². The van der Waals surface area contributed by atoms with Gasteiger partial charge >= 0.3 is 0 Å². The third kappa shape index (κ3) is 2.88. The summed E-state index contributed by atoms with van der Waals surface area (Å²) in [7, 11) is 0. The molecule has 1 saturated heterocycles. The first-order valence-corrected chi connectivity index (χ1v) is 8.03.